The van der Waals surface area contributed by atoms with Crippen molar-refractivity contribution in [3.8, 4) is 0 Å². The van der Waals surface area contributed by atoms with Crippen molar-refractivity contribution in [2.24, 2.45) is 0 Å². The Morgan fingerprint density at radius 2 is 0.619 bits per heavy atom. The Balaban J connectivity index is 2.39. The number of pyridine rings is 1. The molecule has 4 aromatic rings. The van der Waals surface area contributed by atoms with Crippen LogP contribution in [0.2, 0.25) is 5.25 Å². The van der Waals surface area contributed by atoms with Crippen molar-refractivity contribution < 1.29 is 65.9 Å². The molecule has 0 N–H and O–H groups in total. The molecule has 0 aliphatic rings. The summed E-state index contributed by atoms with van der Waals surface area (Å²) in [5.41, 5.74) is -0.128. The monoisotopic (exact) mass is 681 g/mol. The molecule has 0 aliphatic carbocycles. The zero-order valence-corrected chi connectivity index (χ0v) is 21.9. The van der Waals surface area contributed by atoms with Crippen molar-refractivity contribution >= 4 is 26.5 Å². The molecule has 0 saturated heterocycles. The molecule has 0 atom stereocenters. The molecular weight excluding hydrogens is 672 g/mol. The summed E-state index contributed by atoms with van der Waals surface area (Å²) in [6.45, 7) is 0. The number of benzene rings is 3. The van der Waals surface area contributed by atoms with Crippen LogP contribution in [0.3, 0.4) is 0 Å². The second-order valence-electron chi connectivity index (χ2n) is 8.60. The average Bonchev–Trinajstić information content (AvgIpc) is 2.98. The van der Waals surface area contributed by atoms with Gasteiger partial charge >= 0.3 is 226 Å². The van der Waals surface area contributed by atoms with Crippen molar-refractivity contribution in [2.45, 2.75) is 11.7 Å². The Morgan fingerprint density at radius 1 is 0.381 bits per heavy atom. The summed E-state index contributed by atoms with van der Waals surface area (Å²) in [6, 6.07) is 2.09. The van der Waals surface area contributed by atoms with E-state index < -0.39 is 125 Å². The second-order valence-corrected chi connectivity index (χ2v) is 16.6. The SMILES string of the molecule is Fc1c(F)c(F)[c]([Ge]([CH2]Cc2ccncc2)([c]2c(F)c(F)c(F)c(F)c2F)[c]2c(F)c(F)c(F)c(F)c2F)c(F)c1F. The van der Waals surface area contributed by atoms with Gasteiger partial charge in [0.05, 0.1) is 0 Å². The normalized spacial score (nSPS) is 11.9. The van der Waals surface area contributed by atoms with E-state index in [0.717, 1.165) is 24.5 Å². The van der Waals surface area contributed by atoms with E-state index in [1.165, 1.54) is 0 Å². The summed E-state index contributed by atoms with van der Waals surface area (Å²) < 4.78 is 213. The van der Waals surface area contributed by atoms with Crippen molar-refractivity contribution in [1.82, 2.24) is 4.98 Å². The number of hydrogen-bond acceptors (Lipinski definition) is 1. The van der Waals surface area contributed by atoms with Gasteiger partial charge in [-0.1, -0.05) is 0 Å². The third kappa shape index (κ3) is 4.50. The van der Waals surface area contributed by atoms with Crippen LogP contribution in [-0.2, 0) is 6.42 Å². The van der Waals surface area contributed by atoms with Gasteiger partial charge in [-0.3, -0.25) is 0 Å². The Hall–Kier alpha value is -3.70. The van der Waals surface area contributed by atoms with Crippen LogP contribution in [0.5, 0.6) is 0 Å². The van der Waals surface area contributed by atoms with Crippen LogP contribution in [0.4, 0.5) is 65.9 Å². The topological polar surface area (TPSA) is 12.9 Å². The van der Waals surface area contributed by atoms with Gasteiger partial charge in [-0.2, -0.15) is 0 Å². The predicted octanol–water partition coefficient (Wildman–Crippen LogP) is 5.88. The van der Waals surface area contributed by atoms with Gasteiger partial charge < -0.3 is 0 Å². The minimum absolute atomic E-state index is 0.128. The third-order valence-electron chi connectivity index (χ3n) is 6.45. The Morgan fingerprint density at radius 3 is 0.881 bits per heavy atom. The Labute approximate surface area is 226 Å². The molecule has 42 heavy (non-hydrogen) atoms. The number of halogens is 15. The maximum absolute atomic E-state index is 15.4. The summed E-state index contributed by atoms with van der Waals surface area (Å²) in [4.78, 5) is 3.58. The van der Waals surface area contributed by atoms with Gasteiger partial charge in [-0.25, -0.2) is 0 Å². The average molecular weight is 680 g/mol. The second kappa shape index (κ2) is 11.2. The van der Waals surface area contributed by atoms with Gasteiger partial charge in [0, 0.05) is 0 Å². The fraction of sp³-hybridized carbons (Fsp3) is 0.0800. The summed E-state index contributed by atoms with van der Waals surface area (Å²) in [7, 11) is 0. The van der Waals surface area contributed by atoms with Crippen molar-refractivity contribution in [2.75, 3.05) is 0 Å². The van der Waals surface area contributed by atoms with E-state index in [2.05, 4.69) is 4.98 Å². The number of aryl methyl sites for hydroxylation is 1. The zero-order valence-electron chi connectivity index (χ0n) is 19.8. The molecule has 0 fully saturated rings. The molecule has 17 heteroatoms. The molecule has 4 rings (SSSR count). The Bertz CT molecular complexity index is 1490. The molecule has 0 amide bonds. The molecule has 1 aromatic heterocycles. The molecule has 0 aliphatic heterocycles. The van der Waals surface area contributed by atoms with E-state index >= 15 is 26.3 Å². The molecule has 0 saturated carbocycles. The van der Waals surface area contributed by atoms with Crippen LogP contribution in [0.1, 0.15) is 5.56 Å². The fourth-order valence-electron chi connectivity index (χ4n) is 4.57. The maximum atomic E-state index is 15.4. The van der Waals surface area contributed by atoms with Crippen LogP contribution in [-0.4, -0.2) is 18.3 Å². The molecule has 3 aromatic carbocycles. The number of rotatable bonds is 6. The van der Waals surface area contributed by atoms with E-state index in [-0.39, 0.29) is 5.56 Å². The van der Waals surface area contributed by atoms with Crippen molar-refractivity contribution in [3.05, 3.63) is 117 Å². The van der Waals surface area contributed by atoms with Crippen molar-refractivity contribution in [3.63, 3.8) is 0 Å². The van der Waals surface area contributed by atoms with E-state index in [1.54, 1.807) is 0 Å². The zero-order chi connectivity index (χ0) is 31.4. The molecule has 0 bridgehead atoms. The van der Waals surface area contributed by atoms with Crippen molar-refractivity contribution in [1.29, 1.82) is 0 Å². The van der Waals surface area contributed by atoms with Crippen LogP contribution in [0.15, 0.2) is 24.5 Å². The standard InChI is InChI=1S/C25H8F15GeN/c26-8-11(29)17(35)23(18(36)12(8)30)41(4-1-7-2-5-42-6-3-7,24-19(37)13(31)9(27)14(32)20(24)38)25-21(39)15(33)10(28)16(34)22(25)40/h2-3,5-6H,1,4H2. The van der Waals surface area contributed by atoms with Gasteiger partial charge in [-0.05, 0) is 0 Å². The van der Waals surface area contributed by atoms with E-state index in [1.807, 2.05) is 0 Å². The molecule has 0 spiro atoms. The summed E-state index contributed by atoms with van der Waals surface area (Å²) in [5, 5.41) is -1.63. The van der Waals surface area contributed by atoms with Gasteiger partial charge in [-0.15, -0.1) is 0 Å². The first kappa shape index (κ1) is 31.2. The first-order valence-electron chi connectivity index (χ1n) is 11.1. The summed E-state index contributed by atoms with van der Waals surface area (Å²) in [5.74, 6) is -44.6. The molecule has 1 nitrogen and oxygen atoms in total. The molecular formula is C25H8F15GeN. The Kier molecular flexibility index (Phi) is 8.32. The molecule has 222 valence electrons. The van der Waals surface area contributed by atoms with E-state index in [0.29, 0.717) is 0 Å². The van der Waals surface area contributed by atoms with Gasteiger partial charge in [0.25, 0.3) is 0 Å². The summed E-state index contributed by atoms with van der Waals surface area (Å²) >= 11 is -7.66. The first-order valence-corrected chi connectivity index (χ1v) is 15.7. The van der Waals surface area contributed by atoms with Gasteiger partial charge in [0.15, 0.2) is 0 Å². The number of aromatic nitrogens is 1. The third-order valence-corrected chi connectivity index (χ3v) is 16.7. The minimum atomic E-state index is -7.66. The van der Waals surface area contributed by atoms with E-state index in [9.17, 15) is 39.5 Å². The predicted molar refractivity (Wildman–Crippen MR) is 116 cm³/mol. The van der Waals surface area contributed by atoms with Crippen LogP contribution in [0.25, 0.3) is 0 Å². The summed E-state index contributed by atoms with van der Waals surface area (Å²) in [6.07, 6.45) is 1.07. The fourth-order valence-corrected chi connectivity index (χ4v) is 15.2. The van der Waals surface area contributed by atoms with Gasteiger partial charge in [0.2, 0.25) is 0 Å². The first-order chi connectivity index (χ1) is 19.6. The molecule has 0 unspecified atom stereocenters. The van der Waals surface area contributed by atoms with Crippen LogP contribution in [0, 0.1) is 87.3 Å². The quantitative estimate of drug-likeness (QED) is 0.107. The van der Waals surface area contributed by atoms with E-state index in [4.69, 9.17) is 0 Å². The van der Waals surface area contributed by atoms with Crippen LogP contribution < -0.4 is 13.2 Å². The van der Waals surface area contributed by atoms with Crippen LogP contribution >= 0.6 is 0 Å². The number of hydrogen-bond donors (Lipinski definition) is 0. The number of nitrogens with zero attached hydrogens (tertiary/aromatic N) is 1. The molecule has 0 radical (unpaired) electrons. The van der Waals surface area contributed by atoms with Gasteiger partial charge in [0.1, 0.15) is 0 Å². The molecule has 1 heterocycles.